The van der Waals surface area contributed by atoms with Crippen LogP contribution < -0.4 is 14.8 Å². The number of carbonyl (C=O) groups is 1. The van der Waals surface area contributed by atoms with E-state index in [4.69, 9.17) is 9.47 Å². The van der Waals surface area contributed by atoms with Gasteiger partial charge in [0.2, 0.25) is 5.91 Å². The highest BCUT2D eigenvalue weighted by molar-refractivity contribution is 5.93. The lowest BCUT2D eigenvalue weighted by Gasteiger charge is -2.16. The Morgan fingerprint density at radius 1 is 1.12 bits per heavy atom. The molecule has 0 bridgehead atoms. The Hall–Kier alpha value is -2.53. The molecule has 0 spiro atoms. The van der Waals surface area contributed by atoms with Crippen molar-refractivity contribution in [2.24, 2.45) is 5.92 Å². The number of rotatable bonds is 6. The van der Waals surface area contributed by atoms with Crippen LogP contribution >= 0.6 is 0 Å². The van der Waals surface area contributed by atoms with Crippen LogP contribution in [0.1, 0.15) is 12.0 Å². The van der Waals surface area contributed by atoms with Gasteiger partial charge in [-0.15, -0.1) is 0 Å². The first-order chi connectivity index (χ1) is 12.2. The number of amides is 1. The average molecular weight is 340 g/mol. The van der Waals surface area contributed by atoms with Gasteiger partial charge < -0.3 is 14.8 Å². The van der Waals surface area contributed by atoms with Gasteiger partial charge in [0.1, 0.15) is 0 Å². The monoisotopic (exact) mass is 340 g/mol. The van der Waals surface area contributed by atoms with Crippen LogP contribution in [0.4, 0.5) is 5.69 Å². The number of nitrogens with zero attached hydrogens (tertiary/aromatic N) is 1. The molecule has 0 saturated carbocycles. The minimum absolute atomic E-state index is 0.0109. The van der Waals surface area contributed by atoms with Crippen molar-refractivity contribution in [3.05, 3.63) is 54.1 Å². The predicted octanol–water partition coefficient (Wildman–Crippen LogP) is 3.16. The van der Waals surface area contributed by atoms with Gasteiger partial charge in [0.25, 0.3) is 0 Å². The molecule has 0 aromatic heterocycles. The number of benzene rings is 2. The molecule has 1 unspecified atom stereocenters. The zero-order valence-electron chi connectivity index (χ0n) is 14.7. The summed E-state index contributed by atoms with van der Waals surface area (Å²) in [5.41, 5.74) is 2.01. The molecule has 132 valence electrons. The van der Waals surface area contributed by atoms with E-state index in [2.05, 4.69) is 22.3 Å². The van der Waals surface area contributed by atoms with Crippen LogP contribution in [0.3, 0.4) is 0 Å². The number of hydrogen-bond donors (Lipinski definition) is 1. The van der Waals surface area contributed by atoms with Crippen molar-refractivity contribution in [3.8, 4) is 11.5 Å². The molecular formula is C20H24N2O3. The molecule has 5 heteroatoms. The third kappa shape index (κ3) is 4.31. The highest BCUT2D eigenvalue weighted by Gasteiger charge is 2.28. The summed E-state index contributed by atoms with van der Waals surface area (Å²) < 4.78 is 10.5. The van der Waals surface area contributed by atoms with Gasteiger partial charge in [-0.25, -0.2) is 0 Å². The molecule has 0 radical (unpaired) electrons. The Kier molecular flexibility index (Phi) is 5.56. The van der Waals surface area contributed by atoms with Gasteiger partial charge in [-0.2, -0.15) is 0 Å². The van der Waals surface area contributed by atoms with Crippen LogP contribution in [0.2, 0.25) is 0 Å². The van der Waals surface area contributed by atoms with Gasteiger partial charge >= 0.3 is 0 Å². The quantitative estimate of drug-likeness (QED) is 0.878. The molecule has 1 aliphatic heterocycles. The Balaban J connectivity index is 1.57. The van der Waals surface area contributed by atoms with E-state index < -0.39 is 0 Å². The maximum absolute atomic E-state index is 12.6. The van der Waals surface area contributed by atoms with Gasteiger partial charge in [0, 0.05) is 24.8 Å². The van der Waals surface area contributed by atoms with Crippen LogP contribution in [0, 0.1) is 5.92 Å². The first-order valence-corrected chi connectivity index (χ1v) is 8.48. The minimum atomic E-state index is 0.0109. The lowest BCUT2D eigenvalue weighted by molar-refractivity contribution is -0.119. The molecule has 5 nitrogen and oxygen atoms in total. The van der Waals surface area contributed by atoms with E-state index in [-0.39, 0.29) is 11.8 Å². The molecule has 1 saturated heterocycles. The molecule has 1 N–H and O–H groups in total. The van der Waals surface area contributed by atoms with E-state index in [0.717, 1.165) is 31.7 Å². The highest BCUT2D eigenvalue weighted by Crippen LogP contribution is 2.30. The second-order valence-electron chi connectivity index (χ2n) is 6.27. The smallest absolute Gasteiger partial charge is 0.228 e. The number of likely N-dealkylation sites (tertiary alicyclic amines) is 1. The first kappa shape index (κ1) is 17.3. The summed E-state index contributed by atoms with van der Waals surface area (Å²) in [5, 5.41) is 2.99. The number of ether oxygens (including phenoxy) is 2. The number of anilines is 1. The highest BCUT2D eigenvalue weighted by atomic mass is 16.5. The van der Waals surface area contributed by atoms with Crippen molar-refractivity contribution >= 4 is 11.6 Å². The molecule has 2 aromatic rings. The summed E-state index contributed by atoms with van der Waals surface area (Å²) in [6.45, 7) is 2.62. The lowest BCUT2D eigenvalue weighted by atomic mass is 10.1. The molecule has 1 atom stereocenters. The van der Waals surface area contributed by atoms with E-state index in [1.165, 1.54) is 5.56 Å². The van der Waals surface area contributed by atoms with Gasteiger partial charge in [-0.1, -0.05) is 30.3 Å². The van der Waals surface area contributed by atoms with Crippen molar-refractivity contribution in [2.75, 3.05) is 32.6 Å². The average Bonchev–Trinajstić information content (AvgIpc) is 3.11. The summed E-state index contributed by atoms with van der Waals surface area (Å²) in [5.74, 6) is 1.33. The third-order valence-corrected chi connectivity index (χ3v) is 4.54. The molecule has 25 heavy (non-hydrogen) atoms. The van der Waals surface area contributed by atoms with Gasteiger partial charge in [0.15, 0.2) is 11.5 Å². The summed E-state index contributed by atoms with van der Waals surface area (Å²) in [6.07, 6.45) is 0.881. The van der Waals surface area contributed by atoms with Gasteiger partial charge in [0.05, 0.1) is 20.1 Å². The van der Waals surface area contributed by atoms with Crippen molar-refractivity contribution in [1.29, 1.82) is 0 Å². The van der Waals surface area contributed by atoms with Crippen molar-refractivity contribution in [3.63, 3.8) is 0 Å². The van der Waals surface area contributed by atoms with E-state index in [1.54, 1.807) is 26.4 Å². The van der Waals surface area contributed by atoms with Crippen LogP contribution in [-0.2, 0) is 11.3 Å². The summed E-state index contributed by atoms with van der Waals surface area (Å²) in [6, 6.07) is 15.8. The molecule has 1 fully saturated rings. The second-order valence-corrected chi connectivity index (χ2v) is 6.27. The molecule has 2 aromatic carbocycles. The Morgan fingerprint density at radius 2 is 1.88 bits per heavy atom. The molecule has 1 heterocycles. The summed E-state index contributed by atoms with van der Waals surface area (Å²) in [4.78, 5) is 14.9. The van der Waals surface area contributed by atoms with Crippen LogP contribution in [0.5, 0.6) is 11.5 Å². The zero-order valence-corrected chi connectivity index (χ0v) is 14.7. The van der Waals surface area contributed by atoms with Crippen molar-refractivity contribution in [1.82, 2.24) is 4.90 Å². The summed E-state index contributed by atoms with van der Waals surface area (Å²) in [7, 11) is 3.18. The Labute approximate surface area is 148 Å². The van der Waals surface area contributed by atoms with Crippen molar-refractivity contribution in [2.45, 2.75) is 13.0 Å². The van der Waals surface area contributed by atoms with Gasteiger partial charge in [-0.05, 0) is 30.7 Å². The SMILES string of the molecule is COc1ccc(NC(=O)C2CCN(Cc3ccccc3)C2)cc1OC. The van der Waals surface area contributed by atoms with Crippen LogP contribution in [0.15, 0.2) is 48.5 Å². The Morgan fingerprint density at radius 3 is 2.60 bits per heavy atom. The third-order valence-electron chi connectivity index (χ3n) is 4.54. The first-order valence-electron chi connectivity index (χ1n) is 8.48. The predicted molar refractivity (Wildman–Crippen MR) is 98.0 cm³/mol. The van der Waals surface area contributed by atoms with E-state index in [1.807, 2.05) is 24.3 Å². The Bertz CT molecular complexity index is 718. The normalized spacial score (nSPS) is 17.3. The van der Waals surface area contributed by atoms with Crippen LogP contribution in [0.25, 0.3) is 0 Å². The van der Waals surface area contributed by atoms with Crippen molar-refractivity contribution < 1.29 is 14.3 Å². The van der Waals surface area contributed by atoms with E-state index in [0.29, 0.717) is 11.5 Å². The fourth-order valence-electron chi connectivity index (χ4n) is 3.19. The standard InChI is InChI=1S/C20H24N2O3/c1-24-18-9-8-17(12-19(18)25-2)21-20(23)16-10-11-22(14-16)13-15-6-4-3-5-7-15/h3-9,12,16H,10-11,13-14H2,1-2H3,(H,21,23). The molecule has 1 aliphatic rings. The maximum Gasteiger partial charge on any atom is 0.228 e. The maximum atomic E-state index is 12.6. The number of methoxy groups -OCH3 is 2. The molecule has 0 aliphatic carbocycles. The molecule has 1 amide bonds. The lowest BCUT2D eigenvalue weighted by Crippen LogP contribution is -2.26. The number of hydrogen-bond acceptors (Lipinski definition) is 4. The largest absolute Gasteiger partial charge is 0.493 e. The fraction of sp³-hybridized carbons (Fsp3) is 0.350. The molecule has 3 rings (SSSR count). The number of carbonyl (C=O) groups excluding carboxylic acids is 1. The number of nitrogens with one attached hydrogen (secondary N) is 1. The fourth-order valence-corrected chi connectivity index (χ4v) is 3.19. The summed E-state index contributed by atoms with van der Waals surface area (Å²) >= 11 is 0. The van der Waals surface area contributed by atoms with Gasteiger partial charge in [-0.3, -0.25) is 9.69 Å². The minimum Gasteiger partial charge on any atom is -0.493 e. The topological polar surface area (TPSA) is 50.8 Å². The van der Waals surface area contributed by atoms with E-state index in [9.17, 15) is 4.79 Å². The zero-order chi connectivity index (χ0) is 17.6. The van der Waals surface area contributed by atoms with E-state index >= 15 is 0 Å². The van der Waals surface area contributed by atoms with Crippen LogP contribution in [-0.4, -0.2) is 38.1 Å². The molecular weight excluding hydrogens is 316 g/mol. The second kappa shape index (κ2) is 8.03.